The second-order valence-electron chi connectivity index (χ2n) is 4.15. The number of amides is 1. The monoisotopic (exact) mass is 275 g/mol. The molecule has 1 aromatic heterocycles. The van der Waals surface area contributed by atoms with Crippen LogP contribution >= 0.6 is 23.7 Å². The van der Waals surface area contributed by atoms with Gasteiger partial charge in [-0.3, -0.25) is 4.79 Å². The lowest BCUT2D eigenvalue weighted by Gasteiger charge is -2.21. The zero-order valence-corrected chi connectivity index (χ0v) is 11.7. The molecule has 1 unspecified atom stereocenters. The van der Waals surface area contributed by atoms with Crippen molar-refractivity contribution in [1.29, 1.82) is 0 Å². The quantitative estimate of drug-likeness (QED) is 0.871. The molecular weight excluding hydrogens is 258 g/mol. The molecule has 0 bridgehead atoms. The largest absolute Gasteiger partial charge is 0.306 e. The van der Waals surface area contributed by atoms with Gasteiger partial charge < -0.3 is 10.6 Å². The molecule has 4 nitrogen and oxygen atoms in total. The van der Waals surface area contributed by atoms with Crippen molar-refractivity contribution < 1.29 is 4.79 Å². The Morgan fingerprint density at radius 2 is 2.24 bits per heavy atom. The zero-order valence-electron chi connectivity index (χ0n) is 10.1. The van der Waals surface area contributed by atoms with Crippen LogP contribution in [0.5, 0.6) is 0 Å². The lowest BCUT2D eigenvalue weighted by Crippen LogP contribution is -2.43. The topological polar surface area (TPSA) is 54.0 Å². The lowest BCUT2D eigenvalue weighted by molar-refractivity contribution is -0.118. The van der Waals surface area contributed by atoms with Crippen molar-refractivity contribution in [2.45, 2.75) is 39.2 Å². The van der Waals surface area contributed by atoms with Gasteiger partial charge in [0.05, 0.1) is 11.7 Å². The maximum absolute atomic E-state index is 11.9. The van der Waals surface area contributed by atoms with E-state index in [-0.39, 0.29) is 24.4 Å². The average Bonchev–Trinajstić information content (AvgIpc) is 2.59. The summed E-state index contributed by atoms with van der Waals surface area (Å²) in [6.45, 7) is 4.91. The van der Waals surface area contributed by atoms with E-state index in [2.05, 4.69) is 15.6 Å². The number of thiazole rings is 1. The van der Waals surface area contributed by atoms with Crippen molar-refractivity contribution in [3.8, 4) is 0 Å². The Morgan fingerprint density at radius 3 is 2.76 bits per heavy atom. The van der Waals surface area contributed by atoms with Gasteiger partial charge in [-0.15, -0.1) is 23.7 Å². The third-order valence-electron chi connectivity index (χ3n) is 2.89. The van der Waals surface area contributed by atoms with E-state index in [0.29, 0.717) is 5.13 Å². The Morgan fingerprint density at radius 1 is 1.47 bits per heavy atom. The maximum Gasteiger partial charge on any atom is 0.243 e. The number of aryl methyl sites for hydroxylation is 2. The number of hydrogen-bond acceptors (Lipinski definition) is 4. The van der Waals surface area contributed by atoms with Gasteiger partial charge in [-0.1, -0.05) is 6.42 Å². The number of carbonyl (C=O) groups excluding carboxylic acids is 1. The fourth-order valence-electron chi connectivity index (χ4n) is 1.79. The number of anilines is 1. The lowest BCUT2D eigenvalue weighted by atomic mass is 10.0. The van der Waals surface area contributed by atoms with Gasteiger partial charge in [0, 0.05) is 4.88 Å². The minimum absolute atomic E-state index is 0. The van der Waals surface area contributed by atoms with Gasteiger partial charge in [0.15, 0.2) is 5.13 Å². The summed E-state index contributed by atoms with van der Waals surface area (Å²) in [4.78, 5) is 17.3. The van der Waals surface area contributed by atoms with Crippen LogP contribution in [0, 0.1) is 13.8 Å². The number of hydrogen-bond donors (Lipinski definition) is 2. The van der Waals surface area contributed by atoms with Gasteiger partial charge in [-0.05, 0) is 33.2 Å². The normalized spacial score (nSPS) is 19.5. The van der Waals surface area contributed by atoms with Crippen LogP contribution in [0.1, 0.15) is 29.8 Å². The van der Waals surface area contributed by atoms with E-state index < -0.39 is 0 Å². The van der Waals surface area contributed by atoms with Gasteiger partial charge >= 0.3 is 0 Å². The van der Waals surface area contributed by atoms with E-state index in [1.807, 2.05) is 13.8 Å². The molecule has 1 fully saturated rings. The highest BCUT2D eigenvalue weighted by Crippen LogP contribution is 2.21. The van der Waals surface area contributed by atoms with Crippen molar-refractivity contribution in [2.75, 3.05) is 11.9 Å². The van der Waals surface area contributed by atoms with Crippen molar-refractivity contribution in [1.82, 2.24) is 10.3 Å². The van der Waals surface area contributed by atoms with E-state index in [1.54, 1.807) is 0 Å². The van der Waals surface area contributed by atoms with Gasteiger partial charge in [-0.25, -0.2) is 4.98 Å². The van der Waals surface area contributed by atoms with Crippen LogP contribution in [-0.4, -0.2) is 23.5 Å². The van der Waals surface area contributed by atoms with Gasteiger partial charge in [0.25, 0.3) is 0 Å². The van der Waals surface area contributed by atoms with Crippen molar-refractivity contribution >= 4 is 34.8 Å². The molecule has 2 rings (SSSR count). The number of aromatic nitrogens is 1. The van der Waals surface area contributed by atoms with E-state index in [0.717, 1.165) is 30.0 Å². The fraction of sp³-hybridized carbons (Fsp3) is 0.636. The Bertz CT molecular complexity index is 369. The molecule has 1 aromatic rings. The molecule has 2 N–H and O–H groups in total. The molecule has 17 heavy (non-hydrogen) atoms. The average molecular weight is 276 g/mol. The van der Waals surface area contributed by atoms with Gasteiger partial charge in [-0.2, -0.15) is 0 Å². The smallest absolute Gasteiger partial charge is 0.243 e. The van der Waals surface area contributed by atoms with Crippen LogP contribution in [0.4, 0.5) is 5.13 Å². The summed E-state index contributed by atoms with van der Waals surface area (Å²) in [5.74, 6) is 0.0495. The van der Waals surface area contributed by atoms with Crippen LogP contribution in [0.3, 0.4) is 0 Å². The highest BCUT2D eigenvalue weighted by molar-refractivity contribution is 7.15. The molecule has 1 atom stereocenters. The zero-order chi connectivity index (χ0) is 11.5. The minimum atomic E-state index is -0.0433. The van der Waals surface area contributed by atoms with Crippen molar-refractivity contribution in [3.05, 3.63) is 10.6 Å². The highest BCUT2D eigenvalue weighted by Gasteiger charge is 2.21. The number of halogens is 1. The second-order valence-corrected chi connectivity index (χ2v) is 5.36. The van der Waals surface area contributed by atoms with E-state index in [1.165, 1.54) is 17.8 Å². The number of rotatable bonds is 2. The molecule has 6 heteroatoms. The van der Waals surface area contributed by atoms with Gasteiger partial charge in [0.2, 0.25) is 5.91 Å². The first-order valence-corrected chi connectivity index (χ1v) is 6.47. The summed E-state index contributed by atoms with van der Waals surface area (Å²) in [7, 11) is 0. The van der Waals surface area contributed by atoms with Crippen LogP contribution in [0.25, 0.3) is 0 Å². The van der Waals surface area contributed by atoms with Crippen LogP contribution in [0.15, 0.2) is 0 Å². The highest BCUT2D eigenvalue weighted by atomic mass is 35.5. The predicted molar refractivity (Wildman–Crippen MR) is 73.1 cm³/mol. The standard InChI is InChI=1S/C11H17N3OS.ClH/c1-7-8(2)16-11(13-7)14-10(15)9-5-3-4-6-12-9;/h9,12H,3-6H2,1-2H3,(H,13,14,15);1H. The summed E-state index contributed by atoms with van der Waals surface area (Å²) in [6.07, 6.45) is 3.22. The first-order valence-electron chi connectivity index (χ1n) is 5.65. The molecule has 0 radical (unpaired) electrons. The van der Waals surface area contributed by atoms with Crippen LogP contribution in [-0.2, 0) is 4.79 Å². The summed E-state index contributed by atoms with van der Waals surface area (Å²) < 4.78 is 0. The van der Waals surface area contributed by atoms with Gasteiger partial charge in [0.1, 0.15) is 0 Å². The molecule has 1 amide bonds. The van der Waals surface area contributed by atoms with Crippen LogP contribution < -0.4 is 10.6 Å². The predicted octanol–water partition coefficient (Wildman–Crippen LogP) is 2.26. The second kappa shape index (κ2) is 6.33. The number of piperidine rings is 1. The first-order chi connectivity index (χ1) is 7.66. The minimum Gasteiger partial charge on any atom is -0.306 e. The number of carbonyl (C=O) groups is 1. The fourth-order valence-corrected chi connectivity index (χ4v) is 2.61. The third-order valence-corrected chi connectivity index (χ3v) is 3.87. The Hall–Kier alpha value is -0.650. The molecule has 2 heterocycles. The van der Waals surface area contributed by atoms with Crippen molar-refractivity contribution in [2.24, 2.45) is 0 Å². The summed E-state index contributed by atoms with van der Waals surface area (Å²) in [5.41, 5.74) is 0.997. The first kappa shape index (κ1) is 14.4. The Balaban J connectivity index is 0.00000144. The maximum atomic E-state index is 11.9. The molecule has 96 valence electrons. The molecule has 0 spiro atoms. The molecule has 0 saturated carbocycles. The molecule has 0 aliphatic carbocycles. The Labute approximate surface area is 112 Å². The number of nitrogens with zero attached hydrogens (tertiary/aromatic N) is 1. The molecule has 1 saturated heterocycles. The van der Waals surface area contributed by atoms with E-state index >= 15 is 0 Å². The Kier molecular flexibility index (Phi) is 5.36. The van der Waals surface area contributed by atoms with Crippen molar-refractivity contribution in [3.63, 3.8) is 0 Å². The van der Waals surface area contributed by atoms with E-state index in [4.69, 9.17) is 0 Å². The summed E-state index contributed by atoms with van der Waals surface area (Å²) in [6, 6.07) is -0.0433. The molecular formula is C11H18ClN3OS. The van der Waals surface area contributed by atoms with E-state index in [9.17, 15) is 4.79 Å². The molecule has 0 aromatic carbocycles. The third kappa shape index (κ3) is 3.66. The summed E-state index contributed by atoms with van der Waals surface area (Å²) >= 11 is 1.54. The summed E-state index contributed by atoms with van der Waals surface area (Å²) in [5, 5.41) is 6.82. The van der Waals surface area contributed by atoms with Crippen LogP contribution in [0.2, 0.25) is 0 Å². The molecule has 1 aliphatic rings. The number of nitrogens with one attached hydrogen (secondary N) is 2. The SMILES string of the molecule is Cc1nc(NC(=O)C2CCCCN2)sc1C.Cl. The molecule has 1 aliphatic heterocycles.